The average molecular weight is 432 g/mol. The smallest absolute Gasteiger partial charge is 0.230 e. The Kier molecular flexibility index (Phi) is 5.63. The van der Waals surface area contributed by atoms with Crippen LogP contribution in [-0.2, 0) is 11.2 Å². The maximum absolute atomic E-state index is 12.2. The molecular formula is C18H18BrN5OS. The van der Waals surface area contributed by atoms with Crippen LogP contribution in [0.3, 0.4) is 0 Å². The normalized spacial score (nSPS) is 10.6. The number of hydrogen-bond donors (Lipinski definition) is 2. The van der Waals surface area contributed by atoms with Crippen molar-refractivity contribution in [1.29, 1.82) is 0 Å². The fourth-order valence-corrected chi connectivity index (χ4v) is 3.37. The van der Waals surface area contributed by atoms with Crippen LogP contribution in [0, 0.1) is 20.8 Å². The van der Waals surface area contributed by atoms with E-state index >= 15 is 0 Å². The van der Waals surface area contributed by atoms with Gasteiger partial charge in [0.1, 0.15) is 0 Å². The van der Waals surface area contributed by atoms with Crippen molar-refractivity contribution in [2.75, 3.05) is 10.6 Å². The number of rotatable bonds is 5. The van der Waals surface area contributed by atoms with Crippen LogP contribution >= 0.6 is 27.3 Å². The molecule has 0 bridgehead atoms. The van der Waals surface area contributed by atoms with E-state index in [4.69, 9.17) is 0 Å². The van der Waals surface area contributed by atoms with Crippen LogP contribution in [0.25, 0.3) is 0 Å². The maximum atomic E-state index is 12.2. The highest BCUT2D eigenvalue weighted by Crippen LogP contribution is 2.22. The summed E-state index contributed by atoms with van der Waals surface area (Å²) < 4.78 is 1.01. The van der Waals surface area contributed by atoms with Gasteiger partial charge in [-0.3, -0.25) is 4.79 Å². The van der Waals surface area contributed by atoms with Gasteiger partial charge in [-0.25, -0.2) is 15.0 Å². The van der Waals surface area contributed by atoms with E-state index < -0.39 is 0 Å². The number of amides is 1. The van der Waals surface area contributed by atoms with Crippen LogP contribution in [0.4, 0.5) is 16.8 Å². The van der Waals surface area contributed by atoms with Gasteiger partial charge in [-0.15, -0.1) is 11.3 Å². The number of aryl methyl sites for hydroxylation is 3. The molecule has 2 N–H and O–H groups in total. The molecule has 0 aliphatic carbocycles. The first kappa shape index (κ1) is 18.5. The third-order valence-electron chi connectivity index (χ3n) is 3.54. The van der Waals surface area contributed by atoms with E-state index in [0.29, 0.717) is 16.8 Å². The van der Waals surface area contributed by atoms with E-state index in [-0.39, 0.29) is 12.3 Å². The van der Waals surface area contributed by atoms with Gasteiger partial charge in [-0.05, 0) is 50.6 Å². The van der Waals surface area contributed by atoms with E-state index in [0.717, 1.165) is 27.1 Å². The fraction of sp³-hybridized carbons (Fsp3) is 0.222. The molecule has 0 aliphatic heterocycles. The lowest BCUT2D eigenvalue weighted by molar-refractivity contribution is -0.115. The quantitative estimate of drug-likeness (QED) is 0.619. The summed E-state index contributed by atoms with van der Waals surface area (Å²) in [5, 5.41) is 8.51. The van der Waals surface area contributed by atoms with Crippen LogP contribution in [0.5, 0.6) is 0 Å². The molecular weight excluding hydrogens is 414 g/mol. The molecule has 3 rings (SSSR count). The summed E-state index contributed by atoms with van der Waals surface area (Å²) in [5.74, 6) is 0.407. The van der Waals surface area contributed by atoms with Crippen molar-refractivity contribution in [1.82, 2.24) is 15.0 Å². The molecule has 26 heavy (non-hydrogen) atoms. The average Bonchev–Trinajstić information content (AvgIpc) is 2.96. The first-order valence-electron chi connectivity index (χ1n) is 7.99. The van der Waals surface area contributed by atoms with Gasteiger partial charge >= 0.3 is 0 Å². The molecule has 134 valence electrons. The van der Waals surface area contributed by atoms with Gasteiger partial charge in [0.2, 0.25) is 11.9 Å². The van der Waals surface area contributed by atoms with Gasteiger partial charge < -0.3 is 10.6 Å². The largest absolute Gasteiger partial charge is 0.326 e. The Bertz CT molecular complexity index is 936. The standard InChI is InChI=1S/C18H18BrN5OS/c1-10-6-13(4-5-15(10)19)22-16(25)8-14-9-26-18(23-14)24-17-20-11(2)7-12(3)21-17/h4-7,9H,8H2,1-3H3,(H,22,25)(H,20,21,23,24). The van der Waals surface area contributed by atoms with Gasteiger partial charge in [-0.2, -0.15) is 0 Å². The number of nitrogens with one attached hydrogen (secondary N) is 2. The zero-order valence-corrected chi connectivity index (χ0v) is 17.0. The SMILES string of the molecule is Cc1cc(C)nc(Nc2nc(CC(=O)Nc3ccc(Br)c(C)c3)cs2)n1. The van der Waals surface area contributed by atoms with Crippen LogP contribution in [0.1, 0.15) is 22.6 Å². The minimum atomic E-state index is -0.105. The van der Waals surface area contributed by atoms with Crippen LogP contribution in [-0.4, -0.2) is 20.9 Å². The number of aromatic nitrogens is 3. The first-order chi connectivity index (χ1) is 12.4. The van der Waals surface area contributed by atoms with Crippen LogP contribution < -0.4 is 10.6 Å². The van der Waals surface area contributed by atoms with Crippen molar-refractivity contribution >= 4 is 49.9 Å². The minimum Gasteiger partial charge on any atom is -0.326 e. The monoisotopic (exact) mass is 431 g/mol. The fourth-order valence-electron chi connectivity index (χ4n) is 2.42. The first-order valence-corrected chi connectivity index (χ1v) is 9.66. The zero-order chi connectivity index (χ0) is 18.7. The highest BCUT2D eigenvalue weighted by molar-refractivity contribution is 9.10. The molecule has 0 saturated carbocycles. The molecule has 0 spiro atoms. The van der Waals surface area contributed by atoms with Crippen molar-refractivity contribution in [2.45, 2.75) is 27.2 Å². The number of halogens is 1. The summed E-state index contributed by atoms with van der Waals surface area (Å²) in [6.07, 6.45) is 0.209. The Morgan fingerprint density at radius 1 is 1.12 bits per heavy atom. The number of carbonyl (C=O) groups excluding carboxylic acids is 1. The lowest BCUT2D eigenvalue weighted by atomic mass is 10.2. The topological polar surface area (TPSA) is 79.8 Å². The molecule has 2 aromatic heterocycles. The number of thiazole rings is 1. The van der Waals surface area contributed by atoms with E-state index in [1.807, 2.05) is 50.4 Å². The van der Waals surface area contributed by atoms with E-state index in [1.165, 1.54) is 11.3 Å². The molecule has 1 aromatic carbocycles. The number of benzene rings is 1. The van der Waals surface area contributed by atoms with Crippen molar-refractivity contribution in [3.8, 4) is 0 Å². The van der Waals surface area contributed by atoms with Gasteiger partial charge in [-0.1, -0.05) is 15.9 Å². The second kappa shape index (κ2) is 7.92. The predicted molar refractivity (Wildman–Crippen MR) is 108 cm³/mol. The number of hydrogen-bond acceptors (Lipinski definition) is 6. The molecule has 2 heterocycles. The Hall–Kier alpha value is -2.32. The van der Waals surface area contributed by atoms with Crippen LogP contribution in [0.2, 0.25) is 0 Å². The number of anilines is 3. The molecule has 0 radical (unpaired) electrons. The molecule has 1 amide bonds. The summed E-state index contributed by atoms with van der Waals surface area (Å²) in [5.41, 5.74) is 4.32. The molecule has 0 atom stereocenters. The minimum absolute atomic E-state index is 0.105. The van der Waals surface area contributed by atoms with Crippen molar-refractivity contribution in [2.24, 2.45) is 0 Å². The van der Waals surface area contributed by atoms with Crippen LogP contribution in [0.15, 0.2) is 34.1 Å². The Morgan fingerprint density at radius 2 is 1.85 bits per heavy atom. The maximum Gasteiger partial charge on any atom is 0.230 e. The van der Waals surface area contributed by atoms with Crippen molar-refractivity contribution in [3.05, 3.63) is 56.8 Å². The number of carbonyl (C=O) groups is 1. The van der Waals surface area contributed by atoms with Crippen molar-refractivity contribution < 1.29 is 4.79 Å². The van der Waals surface area contributed by atoms with Gasteiger partial charge in [0, 0.05) is 26.9 Å². The van der Waals surface area contributed by atoms with E-state index in [1.54, 1.807) is 0 Å². The summed E-state index contributed by atoms with van der Waals surface area (Å²) in [7, 11) is 0. The summed E-state index contributed by atoms with van der Waals surface area (Å²) in [4.78, 5) is 25.3. The Labute approximate surface area is 164 Å². The molecule has 6 nitrogen and oxygen atoms in total. The summed E-state index contributed by atoms with van der Waals surface area (Å²) >= 11 is 4.87. The molecule has 0 aliphatic rings. The molecule has 8 heteroatoms. The highest BCUT2D eigenvalue weighted by atomic mass is 79.9. The Morgan fingerprint density at radius 3 is 2.54 bits per heavy atom. The second-order valence-electron chi connectivity index (χ2n) is 5.93. The van der Waals surface area contributed by atoms with E-state index in [2.05, 4.69) is 41.5 Å². The lowest BCUT2D eigenvalue weighted by Gasteiger charge is -2.06. The predicted octanol–water partition coefficient (Wildman–Crippen LogP) is 4.55. The number of nitrogens with zero attached hydrogens (tertiary/aromatic N) is 3. The summed E-state index contributed by atoms with van der Waals surface area (Å²) in [6, 6.07) is 7.61. The molecule has 0 saturated heterocycles. The van der Waals surface area contributed by atoms with E-state index in [9.17, 15) is 4.79 Å². The van der Waals surface area contributed by atoms with Crippen molar-refractivity contribution in [3.63, 3.8) is 0 Å². The highest BCUT2D eigenvalue weighted by Gasteiger charge is 2.10. The summed E-state index contributed by atoms with van der Waals surface area (Å²) in [6.45, 7) is 5.82. The molecule has 0 fully saturated rings. The second-order valence-corrected chi connectivity index (χ2v) is 7.64. The zero-order valence-electron chi connectivity index (χ0n) is 14.6. The molecule has 0 unspecified atom stereocenters. The molecule has 3 aromatic rings. The van der Waals surface area contributed by atoms with Gasteiger partial charge in [0.25, 0.3) is 0 Å². The van der Waals surface area contributed by atoms with Gasteiger partial charge in [0.15, 0.2) is 5.13 Å². The Balaban J connectivity index is 1.62. The van der Waals surface area contributed by atoms with Gasteiger partial charge in [0.05, 0.1) is 12.1 Å². The third kappa shape index (κ3) is 4.86. The third-order valence-corrected chi connectivity index (χ3v) is 5.23. The lowest BCUT2D eigenvalue weighted by Crippen LogP contribution is -2.14.